The van der Waals surface area contributed by atoms with Crippen molar-refractivity contribution in [2.45, 2.75) is 90.1 Å². The van der Waals surface area contributed by atoms with Gasteiger partial charge in [-0.05, 0) is 75.1 Å². The molecular formula is C37H43F3N6O3. The van der Waals surface area contributed by atoms with Gasteiger partial charge in [-0.1, -0.05) is 55.5 Å². The summed E-state index contributed by atoms with van der Waals surface area (Å²) in [5, 5.41) is 0. The van der Waals surface area contributed by atoms with Crippen molar-refractivity contribution >= 4 is 12.0 Å². The quantitative estimate of drug-likeness (QED) is 0.194. The molecule has 9 nitrogen and oxygen atoms in total. The Bertz CT molecular complexity index is 1760. The third kappa shape index (κ3) is 8.00. The van der Waals surface area contributed by atoms with Crippen LogP contribution < -0.4 is 0 Å². The number of imidazole rings is 2. The lowest BCUT2D eigenvalue weighted by atomic mass is 10.0. The Morgan fingerprint density at radius 1 is 0.796 bits per heavy atom. The fraction of sp³-hybridized carbons (Fsp3) is 0.459. The summed E-state index contributed by atoms with van der Waals surface area (Å²) in [5.41, 5.74) is 5.14. The first-order valence-corrected chi connectivity index (χ1v) is 16.9. The van der Waals surface area contributed by atoms with Crippen molar-refractivity contribution in [2.24, 2.45) is 5.92 Å². The molecule has 2 fully saturated rings. The number of nitrogens with one attached hydrogen (secondary N) is 2. The maximum absolute atomic E-state index is 13.0. The van der Waals surface area contributed by atoms with Crippen LogP contribution in [0.25, 0.3) is 33.6 Å². The molecule has 0 spiro atoms. The number of nitrogens with zero attached hydrogens (tertiary/aromatic N) is 4. The fourth-order valence-corrected chi connectivity index (χ4v) is 6.68. The molecule has 2 aromatic carbocycles. The van der Waals surface area contributed by atoms with E-state index in [1.807, 2.05) is 57.2 Å². The van der Waals surface area contributed by atoms with Crippen molar-refractivity contribution in [1.29, 1.82) is 0 Å². The molecule has 2 aliphatic rings. The fourth-order valence-electron chi connectivity index (χ4n) is 6.68. The molecule has 4 aromatic rings. The lowest BCUT2D eigenvalue weighted by Gasteiger charge is -2.27. The van der Waals surface area contributed by atoms with Crippen LogP contribution in [0.2, 0.25) is 0 Å². The second-order valence-corrected chi connectivity index (χ2v) is 14.1. The van der Waals surface area contributed by atoms with E-state index in [0.717, 1.165) is 58.7 Å². The number of aromatic nitrogens is 4. The van der Waals surface area contributed by atoms with E-state index in [1.165, 1.54) is 0 Å². The molecule has 0 aliphatic carbocycles. The molecule has 2 amide bonds. The molecular weight excluding hydrogens is 633 g/mol. The molecule has 2 aliphatic heterocycles. The SMILES string of the molecule is C[C@@H](CCC(F)(F)F)C(=O)N1CCC[C@H]1c1ncc(-c2ccc(-c3ccc(-c4cnc([C@@H]5CCCN5C(=O)OC(C)(C)C)[nH]4)cc3)cc2)[nH]1. The predicted octanol–water partition coefficient (Wildman–Crippen LogP) is 8.85. The van der Waals surface area contributed by atoms with E-state index in [0.29, 0.717) is 25.3 Å². The van der Waals surface area contributed by atoms with E-state index in [2.05, 4.69) is 32.1 Å². The second-order valence-electron chi connectivity index (χ2n) is 14.1. The Morgan fingerprint density at radius 3 is 1.71 bits per heavy atom. The Labute approximate surface area is 284 Å². The predicted molar refractivity (Wildman–Crippen MR) is 180 cm³/mol. The number of H-pyrrole nitrogens is 2. The van der Waals surface area contributed by atoms with E-state index < -0.39 is 24.1 Å². The van der Waals surface area contributed by atoms with Gasteiger partial charge >= 0.3 is 12.3 Å². The highest BCUT2D eigenvalue weighted by molar-refractivity contribution is 5.79. The number of hydrogen-bond acceptors (Lipinski definition) is 5. The minimum Gasteiger partial charge on any atom is -0.444 e. The van der Waals surface area contributed by atoms with Gasteiger partial charge in [0.05, 0.1) is 35.9 Å². The third-order valence-electron chi connectivity index (χ3n) is 9.25. The van der Waals surface area contributed by atoms with Crippen molar-refractivity contribution in [2.75, 3.05) is 13.1 Å². The highest BCUT2D eigenvalue weighted by Crippen LogP contribution is 2.36. The highest BCUT2D eigenvalue weighted by Gasteiger charge is 2.37. The van der Waals surface area contributed by atoms with Crippen LogP contribution in [0.15, 0.2) is 60.9 Å². The summed E-state index contributed by atoms with van der Waals surface area (Å²) in [7, 11) is 0. The van der Waals surface area contributed by atoms with E-state index >= 15 is 0 Å². The molecule has 260 valence electrons. The number of ether oxygens (including phenoxy) is 1. The number of rotatable bonds is 8. The Balaban J connectivity index is 1.09. The van der Waals surface area contributed by atoms with Crippen molar-refractivity contribution < 1.29 is 27.5 Å². The Morgan fingerprint density at radius 2 is 1.24 bits per heavy atom. The molecule has 0 radical (unpaired) electrons. The number of likely N-dealkylation sites (tertiary alicyclic amines) is 2. The van der Waals surface area contributed by atoms with Crippen LogP contribution in [0.1, 0.15) is 90.0 Å². The molecule has 12 heteroatoms. The zero-order chi connectivity index (χ0) is 34.9. The first kappa shape index (κ1) is 34.3. The van der Waals surface area contributed by atoms with Gasteiger partial charge in [-0.25, -0.2) is 14.8 Å². The first-order valence-electron chi connectivity index (χ1n) is 16.9. The Kier molecular flexibility index (Phi) is 9.59. The zero-order valence-corrected chi connectivity index (χ0v) is 28.3. The van der Waals surface area contributed by atoms with Gasteiger partial charge in [-0.2, -0.15) is 13.2 Å². The maximum atomic E-state index is 13.0. The highest BCUT2D eigenvalue weighted by atomic mass is 19.4. The summed E-state index contributed by atoms with van der Waals surface area (Å²) in [6.45, 7) is 8.32. The van der Waals surface area contributed by atoms with Crippen LogP contribution in [0, 0.1) is 5.92 Å². The van der Waals surface area contributed by atoms with Crippen LogP contribution in [0.3, 0.4) is 0 Å². The molecule has 0 unspecified atom stereocenters. The van der Waals surface area contributed by atoms with Gasteiger partial charge in [0, 0.05) is 25.4 Å². The average molecular weight is 677 g/mol. The summed E-state index contributed by atoms with van der Waals surface area (Å²) in [6, 6.07) is 15.9. The van der Waals surface area contributed by atoms with Crippen LogP contribution in [0.5, 0.6) is 0 Å². The standard InChI is InChI=1S/C37H43F3N6O3/c1-23(17-18-37(38,39)40)34(47)45-19-5-7-30(45)32-41-21-28(43-32)26-13-9-24(10-14-26)25-11-15-27(16-12-25)29-22-42-33(44-29)31-8-6-20-46(31)35(48)49-36(2,3)4/h9-16,21-23,30-31H,5-8,17-20H2,1-4H3,(H,41,43)(H,42,44)/t23-,30-,31-/m0/s1. The minimum atomic E-state index is -4.27. The number of benzene rings is 2. The van der Waals surface area contributed by atoms with Crippen LogP contribution >= 0.6 is 0 Å². The number of aromatic amines is 2. The largest absolute Gasteiger partial charge is 0.444 e. The topological polar surface area (TPSA) is 107 Å². The summed E-state index contributed by atoms with van der Waals surface area (Å²) < 4.78 is 43.8. The Hall–Kier alpha value is -4.61. The third-order valence-corrected chi connectivity index (χ3v) is 9.25. The summed E-state index contributed by atoms with van der Waals surface area (Å²) in [4.78, 5) is 45.2. The zero-order valence-electron chi connectivity index (χ0n) is 28.3. The number of amides is 2. The van der Waals surface area contributed by atoms with Gasteiger partial charge < -0.3 is 19.6 Å². The molecule has 2 N–H and O–H groups in total. The summed E-state index contributed by atoms with van der Waals surface area (Å²) >= 11 is 0. The van der Waals surface area contributed by atoms with Crippen molar-refractivity contribution in [3.8, 4) is 33.6 Å². The molecule has 2 saturated heterocycles. The molecule has 0 saturated carbocycles. The monoisotopic (exact) mass is 676 g/mol. The van der Waals surface area contributed by atoms with E-state index in [-0.39, 0.29) is 30.5 Å². The normalized spacial score (nSPS) is 19.0. The number of carbonyl (C=O) groups is 2. The second kappa shape index (κ2) is 13.7. The van der Waals surface area contributed by atoms with Crippen molar-refractivity contribution in [3.05, 3.63) is 72.6 Å². The lowest BCUT2D eigenvalue weighted by molar-refractivity contribution is -0.145. The maximum Gasteiger partial charge on any atom is 0.410 e. The molecule has 6 rings (SSSR count). The lowest BCUT2D eigenvalue weighted by Crippen LogP contribution is -2.36. The molecule has 0 bridgehead atoms. The van der Waals surface area contributed by atoms with E-state index in [9.17, 15) is 22.8 Å². The van der Waals surface area contributed by atoms with Gasteiger partial charge in [0.15, 0.2) is 0 Å². The van der Waals surface area contributed by atoms with Crippen molar-refractivity contribution in [3.63, 3.8) is 0 Å². The molecule has 4 heterocycles. The van der Waals surface area contributed by atoms with Gasteiger partial charge in [0.2, 0.25) is 5.91 Å². The molecule has 49 heavy (non-hydrogen) atoms. The smallest absolute Gasteiger partial charge is 0.410 e. The van der Waals surface area contributed by atoms with Crippen molar-refractivity contribution in [1.82, 2.24) is 29.7 Å². The number of alkyl halides is 3. The molecule has 2 aromatic heterocycles. The number of halogens is 3. The van der Waals surface area contributed by atoms with Crippen LogP contribution in [0.4, 0.5) is 18.0 Å². The van der Waals surface area contributed by atoms with E-state index in [1.54, 1.807) is 29.1 Å². The summed E-state index contributed by atoms with van der Waals surface area (Å²) in [6.07, 6.45) is 0.979. The number of hydrogen-bond donors (Lipinski definition) is 2. The van der Waals surface area contributed by atoms with Crippen LogP contribution in [-0.2, 0) is 9.53 Å². The van der Waals surface area contributed by atoms with E-state index in [4.69, 9.17) is 4.74 Å². The molecule has 3 atom stereocenters. The van der Waals surface area contributed by atoms with Gasteiger partial charge in [-0.3, -0.25) is 9.69 Å². The average Bonchev–Trinajstić information content (AvgIpc) is 3.88. The number of carbonyl (C=O) groups excluding carboxylic acids is 2. The van der Waals surface area contributed by atoms with Gasteiger partial charge in [-0.15, -0.1) is 0 Å². The minimum absolute atomic E-state index is 0.146. The van der Waals surface area contributed by atoms with Crippen LogP contribution in [-0.4, -0.2) is 66.6 Å². The van der Waals surface area contributed by atoms with Gasteiger partial charge in [0.1, 0.15) is 17.2 Å². The van der Waals surface area contributed by atoms with Gasteiger partial charge in [0.25, 0.3) is 0 Å². The first-order chi connectivity index (χ1) is 23.3. The summed E-state index contributed by atoms with van der Waals surface area (Å²) in [5.74, 6) is 0.439.